The standard InChI is InChI=1S/2C6H15P.C4HF2N2.FH.Ni/c2*1-4-7(5-2)6-3;5-3-1-2-7-4(6)8-3;;/h2*4-6H2,1-3H3;1H;1H;/q;;-1;;+1/p-1. The number of hydrogen-bond acceptors (Lipinski definition) is 2. The summed E-state index contributed by atoms with van der Waals surface area (Å²) in [6.07, 6.45) is 9.39. The first-order valence-corrected chi connectivity index (χ1v) is 12.3. The Balaban J connectivity index is -0.000000263. The molecule has 1 aromatic heterocycles. The van der Waals surface area contributed by atoms with Crippen LogP contribution in [0.3, 0.4) is 0 Å². The fourth-order valence-corrected chi connectivity index (χ4v) is 4.31. The van der Waals surface area contributed by atoms with E-state index in [1.54, 1.807) is 0 Å². The van der Waals surface area contributed by atoms with E-state index in [0.717, 1.165) is 6.07 Å². The molecule has 0 atom stereocenters. The van der Waals surface area contributed by atoms with E-state index in [1.807, 2.05) is 6.20 Å². The van der Waals surface area contributed by atoms with Crippen LogP contribution in [0.1, 0.15) is 41.5 Å². The average molecular weight is 429 g/mol. The Bertz CT molecular complexity index is 316. The van der Waals surface area contributed by atoms with Crippen molar-refractivity contribution in [2.75, 3.05) is 37.0 Å². The van der Waals surface area contributed by atoms with Crippen molar-refractivity contribution in [2.24, 2.45) is 0 Å². The topological polar surface area (TPSA) is 25.8 Å². The van der Waals surface area contributed by atoms with E-state index < -0.39 is 12.0 Å². The van der Waals surface area contributed by atoms with Crippen molar-refractivity contribution < 1.29 is 28.3 Å². The van der Waals surface area contributed by atoms with Gasteiger partial charge in [-0.05, 0) is 37.0 Å². The maximum atomic E-state index is 11.7. The van der Waals surface area contributed by atoms with Gasteiger partial charge < -0.3 is 9.97 Å². The Hall–Kier alpha value is 0.224. The zero-order valence-corrected chi connectivity index (χ0v) is 18.3. The Kier molecular flexibility index (Phi) is 28.1. The molecule has 0 bridgehead atoms. The molecule has 1 rings (SSSR count). The van der Waals surface area contributed by atoms with E-state index >= 15 is 0 Å². The molecule has 0 unspecified atom stereocenters. The monoisotopic (exact) mass is 428 g/mol. The van der Waals surface area contributed by atoms with Crippen LogP contribution in [-0.4, -0.2) is 46.9 Å². The minimum absolute atomic E-state index is 0.446. The van der Waals surface area contributed by atoms with E-state index in [4.69, 9.17) is 3.61 Å². The number of nitrogens with zero attached hydrogens (tertiary/aromatic N) is 2. The molecule has 1 aromatic rings. The van der Waals surface area contributed by atoms with E-state index in [0.29, 0.717) is 15.8 Å². The zero-order valence-electron chi connectivity index (χ0n) is 15.6. The van der Waals surface area contributed by atoms with E-state index in [9.17, 15) is 8.78 Å². The molecule has 2 nitrogen and oxygen atoms in total. The van der Waals surface area contributed by atoms with Crippen molar-refractivity contribution in [1.29, 1.82) is 0 Å². The van der Waals surface area contributed by atoms with Gasteiger partial charge in [-0.3, -0.25) is 4.39 Å². The summed E-state index contributed by atoms with van der Waals surface area (Å²) in [5, 5.41) is 0. The fraction of sp³-hybridized carbons (Fsp3) is 0.750. The Morgan fingerprint density at radius 3 is 1.29 bits per heavy atom. The second kappa shape index (κ2) is 23.2. The predicted molar refractivity (Wildman–Crippen MR) is 99.0 cm³/mol. The molecule has 0 amide bonds. The molecule has 0 aliphatic rings. The average Bonchev–Trinajstić information content (AvgIpc) is 2.61. The van der Waals surface area contributed by atoms with Gasteiger partial charge in [-0.1, -0.05) is 47.7 Å². The number of halogens is 3. The van der Waals surface area contributed by atoms with Gasteiger partial charge in [0.05, 0.1) is 0 Å². The molecule has 1 heterocycles. The van der Waals surface area contributed by atoms with Crippen molar-refractivity contribution in [3.63, 3.8) is 0 Å². The SMILES string of the molecule is CCP(CC)CC.CCP(CC)CC.Fc1c[c-]nc(F)n1.[F][Ni]. The van der Waals surface area contributed by atoms with Gasteiger partial charge in [0.15, 0.2) is 6.08 Å². The summed E-state index contributed by atoms with van der Waals surface area (Å²) >= 11 is 2.38. The molecule has 0 aromatic carbocycles. The Labute approximate surface area is 157 Å². The van der Waals surface area contributed by atoms with Crippen molar-refractivity contribution in [2.45, 2.75) is 41.5 Å². The van der Waals surface area contributed by atoms with Crippen LogP contribution in [0, 0.1) is 18.2 Å². The second-order valence-corrected chi connectivity index (χ2v) is 10.8. The summed E-state index contributed by atoms with van der Waals surface area (Å²) in [6, 6.07) is 0.850. The third-order valence-electron chi connectivity index (χ3n) is 3.22. The molecule has 0 spiro atoms. The van der Waals surface area contributed by atoms with Crippen LogP contribution in [-0.2, 0) is 15.9 Å². The van der Waals surface area contributed by atoms with Crippen LogP contribution in [0.4, 0.5) is 12.4 Å². The zero-order chi connectivity index (χ0) is 19.4. The van der Waals surface area contributed by atoms with Crippen LogP contribution in [0.5, 0.6) is 0 Å². The summed E-state index contributed by atoms with van der Waals surface area (Å²) in [7, 11) is 0.892. The quantitative estimate of drug-likeness (QED) is 0.182. The summed E-state index contributed by atoms with van der Waals surface area (Å²) in [6.45, 7) is 13.7. The molecule has 24 heavy (non-hydrogen) atoms. The third-order valence-corrected chi connectivity index (χ3v) is 8.59. The second-order valence-electron chi connectivity index (χ2n) is 4.33. The van der Waals surface area contributed by atoms with E-state index in [2.05, 4.69) is 67.4 Å². The molecular formula is C16H31F3N2NiP2-. The van der Waals surface area contributed by atoms with E-state index in [1.165, 1.54) is 37.0 Å². The summed E-state index contributed by atoms with van der Waals surface area (Å²) in [5.74, 6) is -0.905. The molecule has 0 N–H and O–H groups in total. The van der Waals surface area contributed by atoms with Crippen LogP contribution in [0.2, 0.25) is 0 Å². The molecule has 0 saturated carbocycles. The molecule has 0 fully saturated rings. The first-order valence-electron chi connectivity index (χ1n) is 8.11. The summed E-state index contributed by atoms with van der Waals surface area (Å²) < 4.78 is 32.5. The first kappa shape index (κ1) is 29.0. The Morgan fingerprint density at radius 1 is 0.833 bits per heavy atom. The van der Waals surface area contributed by atoms with Crippen LogP contribution < -0.4 is 0 Å². The van der Waals surface area contributed by atoms with Gasteiger partial charge in [-0.15, -0.1) is 21.9 Å². The van der Waals surface area contributed by atoms with Gasteiger partial charge >= 0.3 is 19.5 Å². The molecule has 0 saturated heterocycles. The van der Waals surface area contributed by atoms with Gasteiger partial charge in [0, 0.05) is 0 Å². The van der Waals surface area contributed by atoms with Gasteiger partial charge in [0.1, 0.15) is 5.95 Å². The van der Waals surface area contributed by atoms with Gasteiger partial charge in [0.2, 0.25) is 0 Å². The van der Waals surface area contributed by atoms with Gasteiger partial charge in [-0.25, -0.2) is 4.39 Å². The van der Waals surface area contributed by atoms with Gasteiger partial charge in [0.25, 0.3) is 0 Å². The van der Waals surface area contributed by atoms with Crippen molar-refractivity contribution in [3.05, 3.63) is 24.3 Å². The van der Waals surface area contributed by atoms with Gasteiger partial charge in [-0.2, -0.15) is 0 Å². The molecule has 0 radical (unpaired) electrons. The fourth-order valence-electron chi connectivity index (χ4n) is 1.63. The molecule has 0 aliphatic heterocycles. The number of hydrogen-bond donors (Lipinski definition) is 0. The van der Waals surface area contributed by atoms with Crippen molar-refractivity contribution in [1.82, 2.24) is 9.97 Å². The normalized spacial score (nSPS) is 9.38. The van der Waals surface area contributed by atoms with Crippen LogP contribution >= 0.6 is 15.8 Å². The summed E-state index contributed by atoms with van der Waals surface area (Å²) in [4.78, 5) is 5.60. The third kappa shape index (κ3) is 20.3. The molecule has 147 valence electrons. The van der Waals surface area contributed by atoms with E-state index in [-0.39, 0.29) is 0 Å². The number of rotatable bonds is 6. The maximum absolute atomic E-state index is 11.7. The van der Waals surface area contributed by atoms with Crippen molar-refractivity contribution in [3.8, 4) is 0 Å². The molecular weight excluding hydrogens is 398 g/mol. The molecule has 8 heteroatoms. The van der Waals surface area contributed by atoms with Crippen molar-refractivity contribution >= 4 is 15.8 Å². The summed E-state index contributed by atoms with van der Waals surface area (Å²) in [5.41, 5.74) is 0. The number of aromatic nitrogens is 2. The Morgan fingerprint density at radius 2 is 1.17 bits per heavy atom. The minimum atomic E-state index is -1.09. The first-order chi connectivity index (χ1) is 11.5. The van der Waals surface area contributed by atoms with Crippen LogP contribution in [0.25, 0.3) is 0 Å². The van der Waals surface area contributed by atoms with Crippen LogP contribution in [0.15, 0.2) is 6.07 Å². The predicted octanol–water partition coefficient (Wildman–Crippen LogP) is 6.03. The molecule has 0 aliphatic carbocycles.